The van der Waals surface area contributed by atoms with E-state index < -0.39 is 0 Å². The van der Waals surface area contributed by atoms with Crippen LogP contribution in [0.4, 0.5) is 0 Å². The van der Waals surface area contributed by atoms with E-state index in [1.165, 1.54) is 4.90 Å². The Balaban J connectivity index is 1.73. The van der Waals surface area contributed by atoms with E-state index in [1.807, 2.05) is 6.07 Å². The van der Waals surface area contributed by atoms with Gasteiger partial charge in [0.2, 0.25) is 6.79 Å². The molecule has 3 N–H and O–H groups in total. The summed E-state index contributed by atoms with van der Waals surface area (Å²) < 4.78 is 10.5. The van der Waals surface area contributed by atoms with Crippen molar-refractivity contribution in [2.24, 2.45) is 0 Å². The van der Waals surface area contributed by atoms with Crippen LogP contribution in [0, 0.1) is 0 Å². The Morgan fingerprint density at radius 3 is 2.56 bits per heavy atom. The number of likely N-dealkylation sites (tertiary alicyclic amines) is 1. The number of phenolic OH excluding ortho intramolecular Hbond substituents is 1. The monoisotopic (exact) mass is 252 g/mol. The number of nitrogens with one attached hydrogen (secondary N) is 1. The lowest BCUT2D eigenvalue weighted by atomic mass is 10.1. The van der Waals surface area contributed by atoms with Gasteiger partial charge in [-0.3, -0.25) is 0 Å². The number of quaternary nitrogens is 1. The first-order valence-electron chi connectivity index (χ1n) is 6.35. The van der Waals surface area contributed by atoms with Crippen molar-refractivity contribution < 1.29 is 24.6 Å². The summed E-state index contributed by atoms with van der Waals surface area (Å²) >= 11 is 0. The van der Waals surface area contributed by atoms with E-state index >= 15 is 0 Å². The number of phenols is 1. The number of aliphatic hydroxyl groups is 1. The first-order valence-corrected chi connectivity index (χ1v) is 6.35. The number of rotatable bonds is 2. The predicted octanol–water partition coefficient (Wildman–Crippen LogP) is -0.340. The fourth-order valence-electron chi connectivity index (χ4n) is 2.57. The normalized spacial score (nSPS) is 26.3. The van der Waals surface area contributed by atoms with Crippen molar-refractivity contribution in [3.8, 4) is 17.2 Å². The molecule has 0 atom stereocenters. The van der Waals surface area contributed by atoms with Crippen LogP contribution in [0.15, 0.2) is 12.1 Å². The summed E-state index contributed by atoms with van der Waals surface area (Å²) in [7, 11) is 0. The lowest BCUT2D eigenvalue weighted by Gasteiger charge is -2.26. The molecule has 0 unspecified atom stereocenters. The van der Waals surface area contributed by atoms with Gasteiger partial charge >= 0.3 is 0 Å². The number of fused-ring (bicyclic) bond motifs is 1. The highest BCUT2D eigenvalue weighted by atomic mass is 16.7. The van der Waals surface area contributed by atoms with Crippen molar-refractivity contribution in [3.05, 3.63) is 17.7 Å². The number of benzene rings is 1. The third kappa shape index (κ3) is 2.23. The fourth-order valence-corrected chi connectivity index (χ4v) is 2.57. The Kier molecular flexibility index (Phi) is 3.01. The lowest BCUT2D eigenvalue weighted by molar-refractivity contribution is -0.919. The molecule has 1 aromatic carbocycles. The molecule has 0 bridgehead atoms. The minimum Gasteiger partial charge on any atom is -0.507 e. The second-order valence-corrected chi connectivity index (χ2v) is 4.99. The molecule has 5 nitrogen and oxygen atoms in total. The molecule has 1 fully saturated rings. The molecule has 0 aliphatic carbocycles. The highest BCUT2D eigenvalue weighted by molar-refractivity contribution is 5.50. The van der Waals surface area contributed by atoms with Gasteiger partial charge in [0.15, 0.2) is 11.5 Å². The van der Waals surface area contributed by atoms with Crippen LogP contribution in [0.5, 0.6) is 17.2 Å². The van der Waals surface area contributed by atoms with E-state index in [2.05, 4.69) is 0 Å². The van der Waals surface area contributed by atoms with E-state index in [9.17, 15) is 10.2 Å². The predicted molar refractivity (Wildman–Crippen MR) is 63.9 cm³/mol. The van der Waals surface area contributed by atoms with Gasteiger partial charge < -0.3 is 24.6 Å². The van der Waals surface area contributed by atoms with Gasteiger partial charge in [0.25, 0.3) is 0 Å². The second-order valence-electron chi connectivity index (χ2n) is 4.99. The van der Waals surface area contributed by atoms with Crippen molar-refractivity contribution in [1.82, 2.24) is 0 Å². The van der Waals surface area contributed by atoms with Crippen molar-refractivity contribution in [1.29, 1.82) is 0 Å². The van der Waals surface area contributed by atoms with E-state index in [1.54, 1.807) is 6.07 Å². The summed E-state index contributed by atoms with van der Waals surface area (Å²) in [5.74, 6) is 1.58. The number of ether oxygens (including phenoxy) is 2. The van der Waals surface area contributed by atoms with Crippen molar-refractivity contribution in [3.63, 3.8) is 0 Å². The number of aromatic hydroxyl groups is 1. The fraction of sp³-hybridized carbons (Fsp3) is 0.538. The topological polar surface area (TPSA) is 63.4 Å². The molecule has 1 saturated heterocycles. The first-order chi connectivity index (χ1) is 8.72. The third-order valence-electron chi connectivity index (χ3n) is 3.68. The molecule has 0 aromatic heterocycles. The first kappa shape index (κ1) is 11.6. The van der Waals surface area contributed by atoms with Crippen LogP contribution >= 0.6 is 0 Å². The average molecular weight is 252 g/mol. The van der Waals surface area contributed by atoms with Crippen LogP contribution in [-0.4, -0.2) is 36.2 Å². The molecule has 1 aromatic rings. The Labute approximate surface area is 106 Å². The average Bonchev–Trinajstić information content (AvgIpc) is 2.79. The van der Waals surface area contributed by atoms with Crippen LogP contribution in [0.25, 0.3) is 0 Å². The van der Waals surface area contributed by atoms with Crippen LogP contribution in [0.3, 0.4) is 0 Å². The minimum atomic E-state index is -0.154. The molecule has 0 spiro atoms. The molecule has 3 rings (SSSR count). The van der Waals surface area contributed by atoms with Crippen LogP contribution < -0.4 is 14.4 Å². The molecule has 18 heavy (non-hydrogen) atoms. The van der Waals surface area contributed by atoms with Gasteiger partial charge in [-0.2, -0.15) is 0 Å². The zero-order chi connectivity index (χ0) is 12.5. The van der Waals surface area contributed by atoms with Crippen LogP contribution in [0.1, 0.15) is 18.4 Å². The maximum absolute atomic E-state index is 9.96. The van der Waals surface area contributed by atoms with Gasteiger partial charge in [-0.1, -0.05) is 0 Å². The van der Waals surface area contributed by atoms with Gasteiger partial charge in [0, 0.05) is 18.9 Å². The summed E-state index contributed by atoms with van der Waals surface area (Å²) in [6, 6.07) is 3.48. The van der Waals surface area contributed by atoms with E-state index in [4.69, 9.17) is 9.47 Å². The molecule has 2 aliphatic rings. The van der Waals surface area contributed by atoms with Gasteiger partial charge in [-0.15, -0.1) is 0 Å². The Hall–Kier alpha value is -1.46. The summed E-state index contributed by atoms with van der Waals surface area (Å²) in [6.45, 7) is 2.86. The van der Waals surface area contributed by atoms with E-state index in [0.717, 1.165) is 38.0 Å². The minimum absolute atomic E-state index is 0.154. The van der Waals surface area contributed by atoms with Gasteiger partial charge in [-0.05, 0) is 6.07 Å². The zero-order valence-electron chi connectivity index (χ0n) is 10.2. The third-order valence-corrected chi connectivity index (χ3v) is 3.68. The number of hydrogen-bond acceptors (Lipinski definition) is 4. The summed E-state index contributed by atoms with van der Waals surface area (Å²) in [5, 5.41) is 19.4. The van der Waals surface area contributed by atoms with E-state index in [0.29, 0.717) is 11.5 Å². The smallest absolute Gasteiger partial charge is 0.231 e. The molecule has 5 heteroatoms. The van der Waals surface area contributed by atoms with Gasteiger partial charge in [0.05, 0.1) is 24.8 Å². The largest absolute Gasteiger partial charge is 0.507 e. The molecular formula is C13H18NO4+. The molecule has 0 amide bonds. The summed E-state index contributed by atoms with van der Waals surface area (Å²) in [4.78, 5) is 1.38. The highest BCUT2D eigenvalue weighted by Crippen LogP contribution is 2.37. The lowest BCUT2D eigenvalue weighted by Crippen LogP contribution is -3.12. The standard InChI is InChI=1S/C13H17NO4/c15-10-1-3-14(4-2-10)7-9-5-12-13(6-11(9)16)18-8-17-12/h5-6,10,15-16H,1-4,7-8H2/p+1. The quantitative estimate of drug-likeness (QED) is 0.674. The Bertz CT molecular complexity index is 441. The molecule has 0 saturated carbocycles. The highest BCUT2D eigenvalue weighted by Gasteiger charge is 2.23. The molecule has 98 valence electrons. The number of hydrogen-bond donors (Lipinski definition) is 3. The molecular weight excluding hydrogens is 234 g/mol. The van der Waals surface area contributed by atoms with Crippen LogP contribution in [0.2, 0.25) is 0 Å². The maximum atomic E-state index is 9.96. The maximum Gasteiger partial charge on any atom is 0.231 e. The SMILES string of the molecule is Oc1cc2c(cc1C[NH+]1CCC(O)CC1)OCO2. The molecule has 2 aliphatic heterocycles. The van der Waals surface area contributed by atoms with Crippen molar-refractivity contribution >= 4 is 0 Å². The van der Waals surface area contributed by atoms with Gasteiger partial charge in [0.1, 0.15) is 12.3 Å². The van der Waals surface area contributed by atoms with Crippen molar-refractivity contribution in [2.45, 2.75) is 25.5 Å². The number of piperidine rings is 1. The van der Waals surface area contributed by atoms with E-state index in [-0.39, 0.29) is 18.6 Å². The molecule has 0 radical (unpaired) electrons. The van der Waals surface area contributed by atoms with Crippen molar-refractivity contribution in [2.75, 3.05) is 19.9 Å². The molecule has 2 heterocycles. The van der Waals surface area contributed by atoms with Crippen LogP contribution in [-0.2, 0) is 6.54 Å². The number of aliphatic hydroxyl groups excluding tert-OH is 1. The Morgan fingerprint density at radius 1 is 1.17 bits per heavy atom. The summed E-state index contributed by atoms with van der Waals surface area (Å²) in [6.07, 6.45) is 1.51. The zero-order valence-corrected chi connectivity index (χ0v) is 10.2. The van der Waals surface area contributed by atoms with Gasteiger partial charge in [-0.25, -0.2) is 0 Å². The Morgan fingerprint density at radius 2 is 1.83 bits per heavy atom. The second kappa shape index (κ2) is 4.66. The summed E-state index contributed by atoms with van der Waals surface area (Å²) in [5.41, 5.74) is 0.880.